The van der Waals surface area contributed by atoms with Gasteiger partial charge in [0, 0.05) is 5.92 Å². The van der Waals surface area contributed by atoms with E-state index in [1.807, 2.05) is 0 Å². The predicted molar refractivity (Wildman–Crippen MR) is 84.2 cm³/mol. The SMILES string of the molecule is CC1=CC(C)C(C2OCC(C[NH+]3CCCCC3)O2)C(C)C1. The Morgan fingerprint density at radius 2 is 1.95 bits per heavy atom. The van der Waals surface area contributed by atoms with Crippen molar-refractivity contribution in [2.45, 2.75) is 58.8 Å². The smallest absolute Gasteiger partial charge is 0.162 e. The lowest BCUT2D eigenvalue weighted by Gasteiger charge is -2.36. The summed E-state index contributed by atoms with van der Waals surface area (Å²) in [5.74, 6) is 1.76. The van der Waals surface area contributed by atoms with Crippen LogP contribution in [0.1, 0.15) is 46.5 Å². The van der Waals surface area contributed by atoms with Gasteiger partial charge in [0.05, 0.1) is 19.7 Å². The van der Waals surface area contributed by atoms with Crippen molar-refractivity contribution in [1.82, 2.24) is 0 Å². The van der Waals surface area contributed by atoms with Gasteiger partial charge in [-0.1, -0.05) is 25.5 Å². The Kier molecular flexibility index (Phi) is 5.03. The van der Waals surface area contributed by atoms with Crippen molar-refractivity contribution in [3.63, 3.8) is 0 Å². The monoisotopic (exact) mass is 294 g/mol. The minimum absolute atomic E-state index is 0.0218. The molecule has 2 heterocycles. The third-order valence-electron chi connectivity index (χ3n) is 5.62. The summed E-state index contributed by atoms with van der Waals surface area (Å²) >= 11 is 0. The predicted octanol–water partition coefficient (Wildman–Crippen LogP) is 2.04. The normalized spacial score (nSPS) is 42.0. The molecule has 0 radical (unpaired) electrons. The Bertz CT molecular complexity index is 375. The molecule has 3 nitrogen and oxygen atoms in total. The van der Waals surface area contributed by atoms with Crippen molar-refractivity contribution in [3.05, 3.63) is 11.6 Å². The number of ether oxygens (including phenoxy) is 2. The Hall–Kier alpha value is -0.380. The van der Waals surface area contributed by atoms with Crippen LogP contribution in [0.2, 0.25) is 0 Å². The van der Waals surface area contributed by atoms with E-state index in [4.69, 9.17) is 9.47 Å². The van der Waals surface area contributed by atoms with Crippen LogP contribution in [0.5, 0.6) is 0 Å². The maximum absolute atomic E-state index is 6.31. The van der Waals surface area contributed by atoms with Gasteiger partial charge in [0.1, 0.15) is 12.6 Å². The van der Waals surface area contributed by atoms with Gasteiger partial charge in [0.25, 0.3) is 0 Å². The number of hydrogen-bond acceptors (Lipinski definition) is 2. The highest BCUT2D eigenvalue weighted by molar-refractivity contribution is 5.09. The Labute approximate surface area is 129 Å². The highest BCUT2D eigenvalue weighted by Gasteiger charge is 2.40. The van der Waals surface area contributed by atoms with E-state index in [1.165, 1.54) is 44.3 Å². The second-order valence-electron chi connectivity index (χ2n) is 7.61. The fourth-order valence-corrected chi connectivity index (χ4v) is 4.66. The summed E-state index contributed by atoms with van der Waals surface area (Å²) in [5.41, 5.74) is 1.53. The van der Waals surface area contributed by atoms with E-state index in [2.05, 4.69) is 26.8 Å². The summed E-state index contributed by atoms with van der Waals surface area (Å²) in [5, 5.41) is 0. The zero-order valence-electron chi connectivity index (χ0n) is 13.9. The summed E-state index contributed by atoms with van der Waals surface area (Å²) in [4.78, 5) is 1.72. The Morgan fingerprint density at radius 3 is 2.67 bits per heavy atom. The first kappa shape index (κ1) is 15.5. The van der Waals surface area contributed by atoms with Crippen LogP contribution >= 0.6 is 0 Å². The molecule has 0 spiro atoms. The lowest BCUT2D eigenvalue weighted by Crippen LogP contribution is -3.13. The Morgan fingerprint density at radius 1 is 1.19 bits per heavy atom. The Balaban J connectivity index is 1.54. The van der Waals surface area contributed by atoms with Gasteiger partial charge in [-0.3, -0.25) is 0 Å². The molecule has 0 aromatic heterocycles. The maximum atomic E-state index is 6.31. The van der Waals surface area contributed by atoms with Crippen LogP contribution in [0.25, 0.3) is 0 Å². The van der Waals surface area contributed by atoms with Crippen LogP contribution in [-0.2, 0) is 9.47 Å². The number of rotatable bonds is 3. The third kappa shape index (κ3) is 3.69. The summed E-state index contributed by atoms with van der Waals surface area (Å²) in [7, 11) is 0. The second-order valence-corrected chi connectivity index (χ2v) is 7.61. The molecule has 0 bridgehead atoms. The average molecular weight is 294 g/mol. The minimum atomic E-state index is 0.0218. The molecule has 1 aliphatic carbocycles. The van der Waals surface area contributed by atoms with E-state index >= 15 is 0 Å². The summed E-state index contributed by atoms with van der Waals surface area (Å²) in [6.07, 6.45) is 8.13. The van der Waals surface area contributed by atoms with E-state index in [1.54, 1.807) is 4.90 Å². The van der Waals surface area contributed by atoms with E-state index in [0.717, 1.165) is 13.2 Å². The van der Waals surface area contributed by atoms with Crippen molar-refractivity contribution in [2.24, 2.45) is 17.8 Å². The second kappa shape index (κ2) is 6.80. The lowest BCUT2D eigenvalue weighted by atomic mass is 9.74. The van der Waals surface area contributed by atoms with Gasteiger partial charge < -0.3 is 14.4 Å². The molecule has 2 fully saturated rings. The molecule has 1 N–H and O–H groups in total. The minimum Gasteiger partial charge on any atom is -0.349 e. The van der Waals surface area contributed by atoms with Crippen molar-refractivity contribution in [3.8, 4) is 0 Å². The molecule has 3 rings (SSSR count). The highest BCUT2D eigenvalue weighted by atomic mass is 16.7. The summed E-state index contributed by atoms with van der Waals surface area (Å²) < 4.78 is 12.4. The summed E-state index contributed by atoms with van der Waals surface area (Å²) in [6.45, 7) is 11.5. The number of piperidine rings is 1. The van der Waals surface area contributed by atoms with E-state index in [0.29, 0.717) is 23.9 Å². The van der Waals surface area contributed by atoms with Gasteiger partial charge in [0.15, 0.2) is 6.29 Å². The molecular formula is C18H32NO2+. The largest absolute Gasteiger partial charge is 0.349 e. The quantitative estimate of drug-likeness (QED) is 0.805. The molecule has 3 heteroatoms. The van der Waals surface area contributed by atoms with Crippen LogP contribution in [0.4, 0.5) is 0 Å². The molecule has 0 aromatic rings. The van der Waals surface area contributed by atoms with Crippen LogP contribution in [0, 0.1) is 17.8 Å². The molecule has 2 aliphatic heterocycles. The zero-order valence-corrected chi connectivity index (χ0v) is 13.9. The molecule has 0 aromatic carbocycles. The van der Waals surface area contributed by atoms with Gasteiger partial charge in [0.2, 0.25) is 0 Å². The summed E-state index contributed by atoms with van der Waals surface area (Å²) in [6, 6.07) is 0. The molecule has 2 saturated heterocycles. The van der Waals surface area contributed by atoms with Crippen molar-refractivity contribution >= 4 is 0 Å². The molecular weight excluding hydrogens is 262 g/mol. The first-order valence-electron chi connectivity index (χ1n) is 8.91. The average Bonchev–Trinajstić information content (AvgIpc) is 2.87. The number of quaternary nitrogens is 1. The molecule has 120 valence electrons. The first-order valence-corrected chi connectivity index (χ1v) is 8.91. The molecule has 0 amide bonds. The van der Waals surface area contributed by atoms with Gasteiger partial charge in [-0.05, 0) is 44.4 Å². The highest BCUT2D eigenvalue weighted by Crippen LogP contribution is 2.38. The number of nitrogens with one attached hydrogen (secondary N) is 1. The topological polar surface area (TPSA) is 22.9 Å². The lowest BCUT2D eigenvalue weighted by molar-refractivity contribution is -0.907. The number of allylic oxidation sites excluding steroid dienone is 2. The molecule has 21 heavy (non-hydrogen) atoms. The molecule has 5 unspecified atom stereocenters. The van der Waals surface area contributed by atoms with Gasteiger partial charge in [-0.2, -0.15) is 0 Å². The van der Waals surface area contributed by atoms with Gasteiger partial charge >= 0.3 is 0 Å². The number of likely N-dealkylation sites (tertiary alicyclic amines) is 1. The molecule has 0 saturated carbocycles. The fraction of sp³-hybridized carbons (Fsp3) is 0.889. The fourth-order valence-electron chi connectivity index (χ4n) is 4.66. The van der Waals surface area contributed by atoms with Crippen LogP contribution in [-0.4, -0.2) is 38.6 Å². The van der Waals surface area contributed by atoms with Crippen LogP contribution in [0.3, 0.4) is 0 Å². The zero-order chi connectivity index (χ0) is 14.8. The van der Waals surface area contributed by atoms with Gasteiger partial charge in [-0.15, -0.1) is 0 Å². The molecule has 5 atom stereocenters. The van der Waals surface area contributed by atoms with Gasteiger partial charge in [-0.25, -0.2) is 0 Å². The third-order valence-corrected chi connectivity index (χ3v) is 5.62. The van der Waals surface area contributed by atoms with E-state index < -0.39 is 0 Å². The first-order chi connectivity index (χ1) is 10.1. The van der Waals surface area contributed by atoms with E-state index in [-0.39, 0.29) is 6.29 Å². The van der Waals surface area contributed by atoms with Crippen LogP contribution in [0.15, 0.2) is 11.6 Å². The van der Waals surface area contributed by atoms with E-state index in [9.17, 15) is 0 Å². The van der Waals surface area contributed by atoms with Crippen molar-refractivity contribution in [1.29, 1.82) is 0 Å². The standard InChI is InChI=1S/C18H31NO2/c1-13-9-14(2)17(15(3)10-13)18-20-12-16(21-18)11-19-7-5-4-6-8-19/h9,14-18H,4-8,10-12H2,1-3H3/p+1. The molecule has 3 aliphatic rings. The van der Waals surface area contributed by atoms with Crippen LogP contribution < -0.4 is 4.90 Å². The number of hydrogen-bond donors (Lipinski definition) is 1. The van der Waals surface area contributed by atoms with Crippen molar-refractivity contribution in [2.75, 3.05) is 26.2 Å². The maximum Gasteiger partial charge on any atom is 0.162 e. The van der Waals surface area contributed by atoms with Crippen molar-refractivity contribution < 1.29 is 14.4 Å².